The van der Waals surface area contributed by atoms with Crippen LogP contribution in [0.2, 0.25) is 0 Å². The molecule has 82 valence electrons. The van der Waals surface area contributed by atoms with Gasteiger partial charge in [-0.1, -0.05) is 43.1 Å². The maximum absolute atomic E-state index is 5.62. The fourth-order valence-corrected chi connectivity index (χ4v) is 1.53. The molecule has 1 nitrogen and oxygen atoms in total. The van der Waals surface area contributed by atoms with Gasteiger partial charge in [-0.25, -0.2) is 0 Å². The first kappa shape index (κ1) is 12.1. The molecule has 15 heavy (non-hydrogen) atoms. The molecule has 0 amide bonds. The molecule has 0 spiro atoms. The lowest BCUT2D eigenvalue weighted by atomic mass is 10.1. The summed E-state index contributed by atoms with van der Waals surface area (Å²) in [7, 11) is 0. The normalized spacial score (nSPS) is 11.5. The zero-order valence-corrected chi connectivity index (χ0v) is 10.1. The van der Waals surface area contributed by atoms with Crippen LogP contribution in [0.4, 0.5) is 5.69 Å². The highest BCUT2D eigenvalue weighted by atomic mass is 35.5. The van der Waals surface area contributed by atoms with Gasteiger partial charge in [0.05, 0.1) is 0 Å². The lowest BCUT2D eigenvalue weighted by Gasteiger charge is -2.11. The minimum atomic E-state index is 0.810. The van der Waals surface area contributed by atoms with Gasteiger partial charge in [0.25, 0.3) is 0 Å². The van der Waals surface area contributed by atoms with Gasteiger partial charge in [-0.15, -0.1) is 0 Å². The van der Waals surface area contributed by atoms with Crippen LogP contribution < -0.4 is 5.32 Å². The maximum Gasteiger partial charge on any atom is 0.0375 e. The number of nitrogens with one attached hydrogen (secondary N) is 1. The Morgan fingerprint density at radius 1 is 1.40 bits per heavy atom. The van der Waals surface area contributed by atoms with Gasteiger partial charge in [-0.05, 0) is 30.5 Å². The summed E-state index contributed by atoms with van der Waals surface area (Å²) < 4.78 is 0. The molecule has 0 atom stereocenters. The van der Waals surface area contributed by atoms with Crippen LogP contribution in [0.25, 0.3) is 0 Å². The van der Waals surface area contributed by atoms with Crippen molar-refractivity contribution in [2.75, 3.05) is 11.9 Å². The molecule has 1 N–H and O–H groups in total. The Kier molecular flexibility index (Phi) is 5.27. The molecule has 1 aromatic rings. The maximum atomic E-state index is 5.62. The smallest absolute Gasteiger partial charge is 0.0375 e. The summed E-state index contributed by atoms with van der Waals surface area (Å²) in [6.07, 6.45) is 2.29. The molecule has 0 saturated carbocycles. The van der Waals surface area contributed by atoms with Gasteiger partial charge < -0.3 is 5.32 Å². The minimum Gasteiger partial charge on any atom is -0.381 e. The van der Waals surface area contributed by atoms with E-state index in [0.29, 0.717) is 0 Å². The van der Waals surface area contributed by atoms with E-state index in [9.17, 15) is 0 Å². The highest BCUT2D eigenvalue weighted by Crippen LogP contribution is 2.17. The van der Waals surface area contributed by atoms with Crippen LogP contribution in [0, 0.1) is 0 Å². The van der Waals surface area contributed by atoms with Crippen molar-refractivity contribution >= 4 is 17.3 Å². The zero-order chi connectivity index (χ0) is 11.1. The largest absolute Gasteiger partial charge is 0.381 e. The van der Waals surface area contributed by atoms with Crippen molar-refractivity contribution in [3.05, 3.63) is 40.9 Å². The Labute approximate surface area is 97.1 Å². The van der Waals surface area contributed by atoms with E-state index in [0.717, 1.165) is 18.5 Å². The second-order valence-electron chi connectivity index (χ2n) is 3.72. The zero-order valence-electron chi connectivity index (χ0n) is 9.39. The molecule has 0 aromatic heterocycles. The van der Waals surface area contributed by atoms with Crippen LogP contribution >= 0.6 is 11.6 Å². The van der Waals surface area contributed by atoms with E-state index < -0.39 is 0 Å². The SMILES string of the molecule is CCCc1ccccc1NC/C(C)=C/Cl. The predicted octanol–water partition coefficient (Wildman–Crippen LogP) is 4.19. The average Bonchev–Trinajstić information content (AvgIpc) is 2.28. The molecule has 2 heteroatoms. The highest BCUT2D eigenvalue weighted by molar-refractivity contribution is 6.25. The number of benzene rings is 1. The van der Waals surface area contributed by atoms with Crippen LogP contribution in [-0.2, 0) is 6.42 Å². The van der Waals surface area contributed by atoms with Crippen molar-refractivity contribution in [2.45, 2.75) is 26.7 Å². The molecular formula is C13H18ClN. The third-order valence-corrected chi connectivity index (χ3v) is 2.65. The van der Waals surface area contributed by atoms with Crippen molar-refractivity contribution < 1.29 is 0 Å². The number of rotatable bonds is 5. The summed E-state index contributed by atoms with van der Waals surface area (Å²) in [5.41, 5.74) is 5.36. The number of hydrogen-bond donors (Lipinski definition) is 1. The first-order valence-electron chi connectivity index (χ1n) is 5.35. The van der Waals surface area contributed by atoms with Crippen LogP contribution in [0.1, 0.15) is 25.8 Å². The number of para-hydroxylation sites is 1. The third-order valence-electron chi connectivity index (χ3n) is 2.28. The minimum absolute atomic E-state index is 0.810. The van der Waals surface area contributed by atoms with Gasteiger partial charge in [0, 0.05) is 17.8 Å². The first-order chi connectivity index (χ1) is 7.27. The van der Waals surface area contributed by atoms with Crippen molar-refractivity contribution in [2.24, 2.45) is 0 Å². The second-order valence-corrected chi connectivity index (χ2v) is 3.93. The van der Waals surface area contributed by atoms with E-state index in [1.807, 2.05) is 6.92 Å². The van der Waals surface area contributed by atoms with Crippen molar-refractivity contribution in [3.8, 4) is 0 Å². The topological polar surface area (TPSA) is 12.0 Å². The average molecular weight is 224 g/mol. The Balaban J connectivity index is 2.66. The molecule has 1 rings (SSSR count). The summed E-state index contributed by atoms with van der Waals surface area (Å²) in [6.45, 7) is 5.02. The molecule has 0 aliphatic heterocycles. The molecular weight excluding hydrogens is 206 g/mol. The number of anilines is 1. The molecule has 0 saturated heterocycles. The van der Waals surface area contributed by atoms with E-state index in [4.69, 9.17) is 11.6 Å². The molecule has 0 aliphatic carbocycles. The van der Waals surface area contributed by atoms with Gasteiger partial charge >= 0.3 is 0 Å². The Hall–Kier alpha value is -0.950. The standard InChI is InChI=1S/C13H18ClN/c1-3-6-12-7-4-5-8-13(12)15-10-11(2)9-14/h4-5,7-9,15H,3,6,10H2,1-2H3/b11-9+. The summed E-state index contributed by atoms with van der Waals surface area (Å²) >= 11 is 5.62. The van der Waals surface area contributed by atoms with Gasteiger partial charge in [0.2, 0.25) is 0 Å². The number of aryl methyl sites for hydroxylation is 1. The van der Waals surface area contributed by atoms with Gasteiger partial charge in [0.1, 0.15) is 0 Å². The van der Waals surface area contributed by atoms with Crippen molar-refractivity contribution in [1.29, 1.82) is 0 Å². The second kappa shape index (κ2) is 6.52. The molecule has 0 radical (unpaired) electrons. The van der Waals surface area contributed by atoms with Crippen molar-refractivity contribution in [1.82, 2.24) is 0 Å². The Morgan fingerprint density at radius 2 is 2.13 bits per heavy atom. The van der Waals surface area contributed by atoms with E-state index in [1.54, 1.807) is 5.54 Å². The number of halogens is 1. The predicted molar refractivity (Wildman–Crippen MR) is 68.5 cm³/mol. The lowest BCUT2D eigenvalue weighted by molar-refractivity contribution is 0.921. The molecule has 1 aromatic carbocycles. The molecule has 0 unspecified atom stereocenters. The summed E-state index contributed by atoms with van der Waals surface area (Å²) in [4.78, 5) is 0. The Morgan fingerprint density at radius 3 is 2.80 bits per heavy atom. The number of hydrogen-bond acceptors (Lipinski definition) is 1. The van der Waals surface area contributed by atoms with Crippen molar-refractivity contribution in [3.63, 3.8) is 0 Å². The highest BCUT2D eigenvalue weighted by Gasteiger charge is 1.99. The molecule has 0 fully saturated rings. The fraction of sp³-hybridized carbons (Fsp3) is 0.385. The quantitative estimate of drug-likeness (QED) is 0.789. The molecule has 0 heterocycles. The van der Waals surface area contributed by atoms with Crippen LogP contribution in [0.5, 0.6) is 0 Å². The first-order valence-corrected chi connectivity index (χ1v) is 5.79. The van der Waals surface area contributed by atoms with E-state index in [-0.39, 0.29) is 0 Å². The van der Waals surface area contributed by atoms with Gasteiger partial charge in [-0.2, -0.15) is 0 Å². The van der Waals surface area contributed by atoms with E-state index in [1.165, 1.54) is 17.7 Å². The lowest BCUT2D eigenvalue weighted by Crippen LogP contribution is -2.04. The third kappa shape index (κ3) is 3.96. The summed E-state index contributed by atoms with van der Waals surface area (Å²) in [5.74, 6) is 0. The van der Waals surface area contributed by atoms with E-state index in [2.05, 4.69) is 36.5 Å². The summed E-state index contributed by atoms with van der Waals surface area (Å²) in [6, 6.07) is 8.43. The van der Waals surface area contributed by atoms with Crippen LogP contribution in [0.3, 0.4) is 0 Å². The fourth-order valence-electron chi connectivity index (χ4n) is 1.45. The monoisotopic (exact) mass is 223 g/mol. The van der Waals surface area contributed by atoms with E-state index >= 15 is 0 Å². The Bertz CT molecular complexity index is 331. The van der Waals surface area contributed by atoms with Crippen LogP contribution in [0.15, 0.2) is 35.4 Å². The van der Waals surface area contributed by atoms with Crippen LogP contribution in [-0.4, -0.2) is 6.54 Å². The summed E-state index contributed by atoms with van der Waals surface area (Å²) in [5, 5.41) is 3.40. The van der Waals surface area contributed by atoms with Gasteiger partial charge in [-0.3, -0.25) is 0 Å². The molecule has 0 bridgehead atoms. The molecule has 0 aliphatic rings. The van der Waals surface area contributed by atoms with Gasteiger partial charge in [0.15, 0.2) is 0 Å².